The van der Waals surface area contributed by atoms with E-state index in [1.165, 1.54) is 0 Å². The van der Waals surface area contributed by atoms with E-state index in [1.807, 2.05) is 24.4 Å². The average molecular weight is 282 g/mol. The highest BCUT2D eigenvalue weighted by atomic mass is 32.1. The molecule has 0 saturated heterocycles. The fourth-order valence-electron chi connectivity index (χ4n) is 1.68. The van der Waals surface area contributed by atoms with Gasteiger partial charge in [0.25, 0.3) is 0 Å². The van der Waals surface area contributed by atoms with Gasteiger partial charge in [-0.2, -0.15) is 5.26 Å². The number of rotatable bonds is 3. The van der Waals surface area contributed by atoms with Crippen LogP contribution in [0, 0.1) is 30.1 Å². The van der Waals surface area contributed by atoms with Crippen LogP contribution in [-0.4, -0.2) is 6.54 Å². The van der Waals surface area contributed by atoms with Gasteiger partial charge in [-0.15, -0.1) is 11.3 Å². The molecule has 1 heterocycles. The fraction of sp³-hybridized carbons (Fsp3) is 0.188. The maximum absolute atomic E-state index is 8.91. The monoisotopic (exact) mass is 282 g/mol. The Balaban J connectivity index is 2.13. The van der Waals surface area contributed by atoms with Crippen molar-refractivity contribution in [2.75, 3.05) is 6.54 Å². The number of nitriles is 1. The van der Waals surface area contributed by atoms with Crippen molar-refractivity contribution in [2.24, 2.45) is 5.73 Å². The van der Waals surface area contributed by atoms with Gasteiger partial charge in [0.1, 0.15) is 12.4 Å². The zero-order valence-electron chi connectivity index (χ0n) is 11.1. The first-order valence-corrected chi connectivity index (χ1v) is 7.01. The number of benzene rings is 1. The third-order valence-electron chi connectivity index (χ3n) is 2.75. The molecule has 0 spiro atoms. The first-order valence-electron chi connectivity index (χ1n) is 6.13. The molecule has 0 amide bonds. The van der Waals surface area contributed by atoms with Gasteiger partial charge < -0.3 is 10.5 Å². The van der Waals surface area contributed by atoms with Gasteiger partial charge in [0.2, 0.25) is 0 Å². The highest BCUT2D eigenvalue weighted by molar-refractivity contribution is 7.10. The molecule has 100 valence electrons. The average Bonchev–Trinajstić information content (AvgIpc) is 2.91. The Morgan fingerprint density at radius 2 is 2.20 bits per heavy atom. The zero-order chi connectivity index (χ0) is 14.4. The Morgan fingerprint density at radius 1 is 1.35 bits per heavy atom. The highest BCUT2D eigenvalue weighted by Gasteiger charge is 2.06. The maximum atomic E-state index is 8.91. The van der Waals surface area contributed by atoms with E-state index in [0.29, 0.717) is 18.7 Å². The summed E-state index contributed by atoms with van der Waals surface area (Å²) in [6, 6.07) is 9.50. The van der Waals surface area contributed by atoms with Gasteiger partial charge in [0.15, 0.2) is 0 Å². The number of hydrogen-bond donors (Lipinski definition) is 1. The normalized spacial score (nSPS) is 9.45. The summed E-state index contributed by atoms with van der Waals surface area (Å²) >= 11 is 1.60. The van der Waals surface area contributed by atoms with Crippen molar-refractivity contribution in [1.82, 2.24) is 0 Å². The molecule has 0 atom stereocenters. The molecule has 0 bridgehead atoms. The van der Waals surface area contributed by atoms with Crippen molar-refractivity contribution in [3.05, 3.63) is 51.2 Å². The molecular formula is C16H14N2OS. The number of nitrogens with two attached hydrogens (primary N) is 1. The van der Waals surface area contributed by atoms with E-state index in [-0.39, 0.29) is 0 Å². The van der Waals surface area contributed by atoms with Crippen LogP contribution >= 0.6 is 11.3 Å². The van der Waals surface area contributed by atoms with Crippen LogP contribution < -0.4 is 10.5 Å². The molecule has 0 aliphatic carbocycles. The molecule has 4 heteroatoms. The Labute approximate surface area is 122 Å². The summed E-state index contributed by atoms with van der Waals surface area (Å²) < 4.78 is 5.80. The lowest BCUT2D eigenvalue weighted by atomic mass is 10.1. The first kappa shape index (κ1) is 14.1. The molecule has 0 fully saturated rings. The molecule has 2 rings (SSSR count). The predicted molar refractivity (Wildman–Crippen MR) is 80.5 cm³/mol. The van der Waals surface area contributed by atoms with Crippen molar-refractivity contribution < 1.29 is 4.74 Å². The molecule has 0 aliphatic rings. The lowest BCUT2D eigenvalue weighted by molar-refractivity contribution is 0.307. The molecule has 3 nitrogen and oxygen atoms in total. The van der Waals surface area contributed by atoms with Crippen LogP contribution in [0.25, 0.3) is 0 Å². The van der Waals surface area contributed by atoms with Crippen LogP contribution in [0.5, 0.6) is 5.75 Å². The van der Waals surface area contributed by atoms with Crippen molar-refractivity contribution >= 4 is 11.3 Å². The summed E-state index contributed by atoms with van der Waals surface area (Å²) in [5, 5.41) is 10.9. The van der Waals surface area contributed by atoms with Gasteiger partial charge in [-0.1, -0.05) is 17.9 Å². The van der Waals surface area contributed by atoms with E-state index in [4.69, 9.17) is 15.7 Å². The maximum Gasteiger partial charge on any atom is 0.124 e. The Morgan fingerprint density at radius 3 is 2.95 bits per heavy atom. The Kier molecular flexibility index (Phi) is 4.79. The van der Waals surface area contributed by atoms with Crippen LogP contribution in [0.3, 0.4) is 0 Å². The predicted octanol–water partition coefficient (Wildman–Crippen LogP) is 2.82. The molecule has 1 aromatic carbocycles. The largest absolute Gasteiger partial charge is 0.488 e. The van der Waals surface area contributed by atoms with E-state index in [0.717, 1.165) is 21.8 Å². The van der Waals surface area contributed by atoms with Crippen molar-refractivity contribution in [2.45, 2.75) is 13.5 Å². The van der Waals surface area contributed by atoms with Crippen molar-refractivity contribution in [3.8, 4) is 23.7 Å². The molecule has 1 aromatic heterocycles. The van der Waals surface area contributed by atoms with E-state index < -0.39 is 0 Å². The lowest BCUT2D eigenvalue weighted by Gasteiger charge is -2.08. The molecule has 2 N–H and O–H groups in total. The van der Waals surface area contributed by atoms with E-state index in [1.54, 1.807) is 23.5 Å². The number of nitrogens with zero attached hydrogens (tertiary/aromatic N) is 1. The number of hydrogen-bond acceptors (Lipinski definition) is 4. The van der Waals surface area contributed by atoms with Crippen LogP contribution in [0.4, 0.5) is 0 Å². The Bertz CT molecular complexity index is 701. The SMILES string of the molecule is Cc1ccc(C#N)cc1OCc1sccc1C#CCN. The zero-order valence-corrected chi connectivity index (χ0v) is 12.0. The van der Waals surface area contributed by atoms with Gasteiger partial charge in [0, 0.05) is 5.56 Å². The lowest BCUT2D eigenvalue weighted by Crippen LogP contribution is -1.98. The number of aryl methyl sites for hydroxylation is 1. The third kappa shape index (κ3) is 3.39. The molecule has 0 unspecified atom stereocenters. The second-order valence-corrected chi connectivity index (χ2v) is 5.14. The van der Waals surface area contributed by atoms with Gasteiger partial charge in [-0.05, 0) is 36.1 Å². The number of thiophene rings is 1. The topological polar surface area (TPSA) is 59.0 Å². The van der Waals surface area contributed by atoms with Gasteiger partial charge in [-0.25, -0.2) is 0 Å². The van der Waals surface area contributed by atoms with E-state index in [2.05, 4.69) is 17.9 Å². The van der Waals surface area contributed by atoms with Crippen LogP contribution in [-0.2, 0) is 6.61 Å². The van der Waals surface area contributed by atoms with Crippen molar-refractivity contribution in [1.29, 1.82) is 5.26 Å². The summed E-state index contributed by atoms with van der Waals surface area (Å²) in [6.07, 6.45) is 0. The minimum absolute atomic E-state index is 0.347. The number of ether oxygens (including phenoxy) is 1. The summed E-state index contributed by atoms with van der Waals surface area (Å²) in [7, 11) is 0. The van der Waals surface area contributed by atoms with E-state index in [9.17, 15) is 0 Å². The Hall–Kier alpha value is -2.27. The van der Waals surface area contributed by atoms with Gasteiger partial charge in [-0.3, -0.25) is 0 Å². The van der Waals surface area contributed by atoms with Gasteiger partial charge >= 0.3 is 0 Å². The highest BCUT2D eigenvalue weighted by Crippen LogP contribution is 2.23. The second kappa shape index (κ2) is 6.77. The van der Waals surface area contributed by atoms with Crippen LogP contribution in [0.15, 0.2) is 29.6 Å². The quantitative estimate of drug-likeness (QED) is 0.881. The summed E-state index contributed by atoms with van der Waals surface area (Å²) in [6.45, 7) is 2.75. The third-order valence-corrected chi connectivity index (χ3v) is 3.64. The van der Waals surface area contributed by atoms with E-state index >= 15 is 0 Å². The summed E-state index contributed by atoms with van der Waals surface area (Å²) in [5.41, 5.74) is 7.94. The van der Waals surface area contributed by atoms with Crippen LogP contribution in [0.2, 0.25) is 0 Å². The standard InChI is InChI=1S/C16H14N2OS/c1-12-4-5-13(10-18)9-15(12)19-11-16-14(3-2-7-17)6-8-20-16/h4-6,8-9H,7,11,17H2,1H3. The summed E-state index contributed by atoms with van der Waals surface area (Å²) in [4.78, 5) is 1.06. The fourth-order valence-corrected chi connectivity index (χ4v) is 2.42. The molecular weight excluding hydrogens is 268 g/mol. The smallest absolute Gasteiger partial charge is 0.124 e. The molecule has 2 aromatic rings. The van der Waals surface area contributed by atoms with Crippen molar-refractivity contribution in [3.63, 3.8) is 0 Å². The molecule has 0 saturated carbocycles. The molecule has 0 aliphatic heterocycles. The van der Waals surface area contributed by atoms with Crippen LogP contribution in [0.1, 0.15) is 21.6 Å². The minimum Gasteiger partial charge on any atom is -0.488 e. The molecule has 0 radical (unpaired) electrons. The summed E-state index contributed by atoms with van der Waals surface area (Å²) in [5.74, 6) is 6.61. The minimum atomic E-state index is 0.347. The second-order valence-electron chi connectivity index (χ2n) is 4.14. The molecule has 20 heavy (non-hydrogen) atoms. The first-order chi connectivity index (χ1) is 9.74. The van der Waals surface area contributed by atoms with Gasteiger partial charge in [0.05, 0.1) is 23.1 Å².